The molecule has 0 saturated carbocycles. The summed E-state index contributed by atoms with van der Waals surface area (Å²) in [6.07, 6.45) is 21.9. The van der Waals surface area contributed by atoms with E-state index in [1.54, 1.807) is 21.6 Å². The molecular formula is C85H113K2N15O21S5. The van der Waals surface area contributed by atoms with Gasteiger partial charge in [0.15, 0.2) is 17.2 Å². The number of carboxylic acids is 1. The molecule has 4 amide bonds. The van der Waals surface area contributed by atoms with E-state index in [0.29, 0.717) is 113 Å². The summed E-state index contributed by atoms with van der Waals surface area (Å²) >= 11 is 3.05. The van der Waals surface area contributed by atoms with E-state index < -0.39 is 42.5 Å². The Morgan fingerprint density at radius 1 is 0.695 bits per heavy atom. The minimum Gasteiger partial charge on any atom is -0.744 e. The number of benzene rings is 4. The number of nitrogens with zero attached hydrogens (tertiary/aromatic N) is 11. The van der Waals surface area contributed by atoms with Gasteiger partial charge in [0.1, 0.15) is 20.2 Å². The number of anilines is 2. The molecule has 36 nitrogen and oxygen atoms in total. The molecule has 6 heterocycles. The van der Waals surface area contributed by atoms with Crippen molar-refractivity contribution in [1.29, 1.82) is 0 Å². The molecule has 0 aliphatic carbocycles. The number of carboxylic acid groups (broad SMARTS) is 1. The van der Waals surface area contributed by atoms with Crippen molar-refractivity contribution in [1.82, 2.24) is 30.5 Å². The zero-order chi connectivity index (χ0) is 93.7. The first-order valence-electron chi connectivity index (χ1n) is 40.5. The number of allylic oxidation sites excluding steroid dienone is 8. The number of ketones is 1. The van der Waals surface area contributed by atoms with E-state index in [1.165, 1.54) is 47.0 Å². The van der Waals surface area contributed by atoms with Crippen LogP contribution < -0.4 is 145 Å². The second kappa shape index (κ2) is 53.6. The number of aliphatic carboxylic acids is 1. The van der Waals surface area contributed by atoms with Crippen LogP contribution in [0, 0.1) is 24.2 Å². The number of hydrogen-bond donors (Lipinski definition) is 5. The van der Waals surface area contributed by atoms with Gasteiger partial charge in [-0.1, -0.05) is 77.9 Å². The number of ether oxygens (including phenoxy) is 2. The number of likely N-dealkylation sites (tertiary alicyclic amines) is 1. The minimum atomic E-state index is -4.68. The normalized spacial score (nSPS) is 16.5. The predicted octanol–water partition coefficient (Wildman–Crippen LogP) is 2.07. The van der Waals surface area contributed by atoms with E-state index in [2.05, 4.69) is 106 Å². The number of likely N-dealkylation sites (N-methyl/N-ethyl adjacent to an activating group) is 2. The molecule has 686 valence electrons. The number of carbonyl (C=O) groups is 6. The molecule has 0 radical (unpaired) electrons. The number of carbonyl (C=O) groups excluding carboxylic acids is 5. The number of Topliss-reactive ketones (excluding diaryl/α,β-unsaturated/α-hetero) is 1. The molecule has 1 saturated heterocycles. The number of thioether (sulfide) groups is 1. The molecule has 5 aliphatic heterocycles. The van der Waals surface area contributed by atoms with Crippen LogP contribution in [-0.4, -0.2) is 210 Å². The van der Waals surface area contributed by atoms with Crippen LogP contribution in [-0.2, 0) is 112 Å². The van der Waals surface area contributed by atoms with E-state index in [9.17, 15) is 70.3 Å². The Labute approximate surface area is 846 Å². The zero-order valence-corrected chi connectivity index (χ0v) is 85.8. The maximum absolute atomic E-state index is 12.9. The molecule has 1 aromatic heterocycles. The molecule has 7 N–H and O–H groups in total. The second-order valence-corrected chi connectivity index (χ2v) is 37.0. The van der Waals surface area contributed by atoms with Crippen molar-refractivity contribution >= 4 is 126 Å². The van der Waals surface area contributed by atoms with Crippen molar-refractivity contribution in [3.63, 3.8) is 0 Å². The van der Waals surface area contributed by atoms with Gasteiger partial charge in [0.2, 0.25) is 48.1 Å². The molecular weight excluding hydrogens is 1810 g/mol. The number of amides is 4. The van der Waals surface area contributed by atoms with E-state index in [1.807, 2.05) is 140 Å². The Balaban J connectivity index is 0.000000362. The number of azide groups is 1. The van der Waals surface area contributed by atoms with Crippen molar-refractivity contribution < 1.29 is 210 Å². The van der Waals surface area contributed by atoms with Gasteiger partial charge < -0.3 is 66.1 Å². The summed E-state index contributed by atoms with van der Waals surface area (Å²) in [5.74, 6) is 0.710. The SMILES string of the molecule is C#CCCNC(=O)CCN1C(=O)CC(SC)C1=O.CC(C)C(=O)NCCc1cn(CCOCCN)nn1.CCN1C(=CC=CC2=[N+](CC(=O)C(C)C)c3ccc(S(=O)(=O)[O-])cc3C2(C)C)C(C)(C)c2cc(SOO[O-])ccc21.CCN1C(=CC=CC2=[N+](CC(=O)O)c3ccc(S(=O)(=O)[O-])cc3C2(C)C)C(C)(C)c2cc(SOO[O-])ccc21.[K+].[K+].[N-]=[N+]=NCCOCCN. The number of imide groups is 1. The fourth-order valence-electron chi connectivity index (χ4n) is 14.5. The average molecular weight is 1920 g/mol. The smallest absolute Gasteiger partial charge is 0.744 e. The maximum atomic E-state index is 12.9. The predicted molar refractivity (Wildman–Crippen MR) is 472 cm³/mol. The van der Waals surface area contributed by atoms with E-state index >= 15 is 0 Å². The van der Waals surface area contributed by atoms with E-state index in [0.717, 1.165) is 85.7 Å². The van der Waals surface area contributed by atoms with Gasteiger partial charge >= 0.3 is 109 Å². The van der Waals surface area contributed by atoms with Gasteiger partial charge in [-0.05, 0) is 137 Å². The van der Waals surface area contributed by atoms with E-state index in [4.69, 9.17) is 32.9 Å². The fraction of sp³-hybridized carbons (Fsp3) is 0.482. The average Bonchev–Trinajstić information content (AvgIpc) is 1.58. The van der Waals surface area contributed by atoms with Crippen LogP contribution in [0.4, 0.5) is 22.7 Å². The summed E-state index contributed by atoms with van der Waals surface area (Å²) in [5, 5.41) is 53.6. The van der Waals surface area contributed by atoms with E-state index in [-0.39, 0.29) is 197 Å². The molecule has 1 unspecified atom stereocenters. The summed E-state index contributed by atoms with van der Waals surface area (Å²) in [7, 11) is -9.32. The number of fused-ring (bicyclic) bond motifs is 4. The monoisotopic (exact) mass is 1920 g/mol. The largest absolute Gasteiger partial charge is 1.00 e. The number of nitrogens with one attached hydrogen (secondary N) is 2. The van der Waals surface area contributed by atoms with Crippen molar-refractivity contribution in [2.24, 2.45) is 28.4 Å². The van der Waals surface area contributed by atoms with Gasteiger partial charge in [0.05, 0.1) is 88.6 Å². The molecule has 5 aliphatic rings. The third-order valence-electron chi connectivity index (χ3n) is 21.1. The molecule has 5 aromatic rings. The zero-order valence-electron chi connectivity index (χ0n) is 75.4. The number of hydrogen-bond acceptors (Lipinski definition) is 30. The van der Waals surface area contributed by atoms with Crippen LogP contribution in [0.2, 0.25) is 0 Å². The van der Waals surface area contributed by atoms with Crippen molar-refractivity contribution in [2.45, 2.75) is 176 Å². The summed E-state index contributed by atoms with van der Waals surface area (Å²) in [5.41, 5.74) is 27.1. The number of terminal acetylenes is 1. The van der Waals surface area contributed by atoms with Crippen molar-refractivity contribution in [3.8, 4) is 12.3 Å². The first kappa shape index (κ1) is 114. The Morgan fingerprint density at radius 3 is 1.61 bits per heavy atom. The van der Waals surface area contributed by atoms with Crippen LogP contribution >= 0.6 is 35.8 Å². The number of aromatic nitrogens is 3. The third-order valence-corrected chi connectivity index (χ3v) is 24.8. The van der Waals surface area contributed by atoms with Crippen molar-refractivity contribution in [3.05, 3.63) is 165 Å². The first-order valence-corrected chi connectivity index (χ1v) is 46.0. The van der Waals surface area contributed by atoms with Crippen molar-refractivity contribution in [2.75, 3.05) is 108 Å². The topological polar surface area (TPSA) is 510 Å². The molecule has 0 spiro atoms. The van der Waals surface area contributed by atoms with Crippen LogP contribution in [0.5, 0.6) is 0 Å². The quantitative estimate of drug-likeness (QED) is 0.00306. The first-order chi connectivity index (χ1) is 59.5. The Bertz CT molecular complexity index is 5240. The Hall–Kier alpha value is -6.25. The minimum absolute atomic E-state index is 0. The summed E-state index contributed by atoms with van der Waals surface area (Å²) in [6, 6.07) is 20.0. The molecule has 43 heteroatoms. The fourth-order valence-corrected chi connectivity index (χ4v) is 16.9. The number of rotatable bonds is 39. The molecule has 10 rings (SSSR count). The molecule has 1 fully saturated rings. The third kappa shape index (κ3) is 31.2. The standard InChI is InChI=1S/C30H36N2O7S2.C27H30N2O8S2.C12H23N5O2.C12H16N2O3S.C4H10N4O.2K/c1-8-31-24-14-12-20(40-39-38-34)16-22(24)29(4,5)27(31)10-9-11-28-30(6,7)23-17-21(41(35,36)37)13-15-25(23)32(28)18-26(33)19(2)3;1-6-28-21-12-10-17(38-37-36-32)14-19(21)26(2,3)23(28)8-7-9-24-27(4,5)20-15-18(39(33,34)35)11-13-22(20)29(24)16-25(30)31;1-10(2)12(18)14-5-3-11-9-17(16-15-11)6-8-19-7-4-13;1-3-4-6-13-10(15)5-7-14-11(16)8-9(18-2)12(14)17;5-1-3-9-4-2-7-8-6;;/h9-17,19H,8,18H2,1-7H3,(H-,34,35,36,37);7-15H,6,16H2,1-5H3,(H2-,30,31,32,33,34,35);9-10H,3-8,13H2,1-2H3,(H,14,18);1,9H,4-8H2,2H3,(H,13,15);1-5H2;;/q;;;;;2*+1/p-2. The molecule has 0 bridgehead atoms. The summed E-state index contributed by atoms with van der Waals surface area (Å²) in [4.78, 5) is 79.6. The summed E-state index contributed by atoms with van der Waals surface area (Å²) < 4.78 is 94.8. The van der Waals surface area contributed by atoms with Gasteiger partial charge in [-0.25, -0.2) is 26.3 Å². The summed E-state index contributed by atoms with van der Waals surface area (Å²) in [6.45, 7) is 34.2. The maximum Gasteiger partial charge on any atom is 1.00 e. The molecule has 128 heavy (non-hydrogen) atoms. The number of nitrogens with two attached hydrogens (primary N) is 2. The Morgan fingerprint density at radius 2 is 1.19 bits per heavy atom. The molecule has 1 atom stereocenters. The van der Waals surface area contributed by atoms with Crippen LogP contribution in [0.1, 0.15) is 144 Å². The second-order valence-electron chi connectivity index (χ2n) is 31.6. The van der Waals surface area contributed by atoms with Gasteiger partial charge in [-0.2, -0.15) is 29.6 Å². The molecule has 4 aromatic carbocycles. The van der Waals surface area contributed by atoms with Crippen LogP contribution in [0.3, 0.4) is 0 Å². The van der Waals surface area contributed by atoms with Crippen LogP contribution in [0.25, 0.3) is 10.4 Å². The van der Waals surface area contributed by atoms with Gasteiger partial charge in [0.25, 0.3) is 0 Å². The van der Waals surface area contributed by atoms with Gasteiger partial charge in [-0.15, -0.1) is 17.4 Å². The van der Waals surface area contributed by atoms with Crippen LogP contribution in [0.15, 0.2) is 152 Å². The Kier molecular flexibility index (Phi) is 47.8. The van der Waals surface area contributed by atoms with Gasteiger partial charge in [0, 0.05) is 180 Å². The van der Waals surface area contributed by atoms with Gasteiger partial charge in [-0.3, -0.25) is 38.9 Å².